The van der Waals surface area contributed by atoms with Gasteiger partial charge in [0, 0.05) is 17.4 Å². The minimum absolute atomic E-state index is 0.245. The van der Waals surface area contributed by atoms with Crippen LogP contribution in [0.3, 0.4) is 0 Å². The summed E-state index contributed by atoms with van der Waals surface area (Å²) in [5.74, 6) is -2.86. The molecule has 0 aliphatic heterocycles. The van der Waals surface area contributed by atoms with E-state index in [1.807, 2.05) is 6.92 Å². The topological polar surface area (TPSA) is 68.3 Å². The van der Waals surface area contributed by atoms with Crippen LogP contribution in [0.5, 0.6) is 0 Å². The molecule has 0 aliphatic carbocycles. The molecule has 0 aliphatic rings. The molecular formula is C16H16F2N2O3S. The molecule has 0 saturated heterocycles. The Morgan fingerprint density at radius 1 is 1.33 bits per heavy atom. The summed E-state index contributed by atoms with van der Waals surface area (Å²) in [6.07, 6.45) is -0.0634. The number of aromatic nitrogens is 1. The average Bonchev–Trinajstić information content (AvgIpc) is 2.98. The van der Waals surface area contributed by atoms with E-state index in [9.17, 15) is 18.4 Å². The van der Waals surface area contributed by atoms with Crippen LogP contribution in [0.2, 0.25) is 0 Å². The quantitative estimate of drug-likeness (QED) is 0.802. The maximum atomic E-state index is 13.3. The largest absolute Gasteiger partial charge is 0.453 e. The van der Waals surface area contributed by atoms with Crippen LogP contribution in [0, 0.1) is 11.6 Å². The summed E-state index contributed by atoms with van der Waals surface area (Å²) in [5, 5.41) is 4.41. The van der Waals surface area contributed by atoms with Crippen LogP contribution in [0.4, 0.5) is 13.9 Å². The van der Waals surface area contributed by atoms with Crippen LogP contribution < -0.4 is 5.32 Å². The van der Waals surface area contributed by atoms with Crippen molar-refractivity contribution in [2.45, 2.75) is 32.8 Å². The Balaban J connectivity index is 2.01. The lowest BCUT2D eigenvalue weighted by molar-refractivity contribution is -0.153. The molecular weight excluding hydrogens is 338 g/mol. The third kappa shape index (κ3) is 4.58. The van der Waals surface area contributed by atoms with Crippen molar-refractivity contribution in [2.75, 3.05) is 5.32 Å². The lowest BCUT2D eigenvalue weighted by atomic mass is 10.2. The van der Waals surface area contributed by atoms with Crippen LogP contribution in [-0.4, -0.2) is 23.0 Å². The Morgan fingerprint density at radius 2 is 2.08 bits per heavy atom. The van der Waals surface area contributed by atoms with Gasteiger partial charge in [0.1, 0.15) is 0 Å². The summed E-state index contributed by atoms with van der Waals surface area (Å²) in [6, 6.07) is 3.44. The minimum atomic E-state index is -0.970. The Kier molecular flexibility index (Phi) is 5.97. The normalized spacial score (nSPS) is 11.8. The van der Waals surface area contributed by atoms with Crippen molar-refractivity contribution in [3.05, 3.63) is 35.2 Å². The predicted molar refractivity (Wildman–Crippen MR) is 86.6 cm³/mol. The van der Waals surface area contributed by atoms with E-state index in [4.69, 9.17) is 4.74 Å². The van der Waals surface area contributed by atoms with Crippen molar-refractivity contribution in [2.24, 2.45) is 0 Å². The van der Waals surface area contributed by atoms with Crippen molar-refractivity contribution in [3.8, 4) is 11.3 Å². The van der Waals surface area contributed by atoms with Gasteiger partial charge < -0.3 is 4.74 Å². The van der Waals surface area contributed by atoms with Gasteiger partial charge in [-0.05, 0) is 31.5 Å². The number of rotatable bonds is 6. The van der Waals surface area contributed by atoms with Gasteiger partial charge in [-0.3, -0.25) is 14.9 Å². The summed E-state index contributed by atoms with van der Waals surface area (Å²) in [4.78, 5) is 27.5. The van der Waals surface area contributed by atoms with E-state index in [0.717, 1.165) is 23.5 Å². The number of hydrogen-bond acceptors (Lipinski definition) is 5. The lowest BCUT2D eigenvalue weighted by Crippen LogP contribution is -2.29. The number of anilines is 1. The highest BCUT2D eigenvalue weighted by Gasteiger charge is 2.19. The van der Waals surface area contributed by atoms with Crippen molar-refractivity contribution in [3.63, 3.8) is 0 Å². The Morgan fingerprint density at radius 3 is 2.75 bits per heavy atom. The maximum Gasteiger partial charge on any atom is 0.306 e. The van der Waals surface area contributed by atoms with Gasteiger partial charge in [-0.2, -0.15) is 0 Å². The van der Waals surface area contributed by atoms with Crippen LogP contribution in [-0.2, 0) is 14.3 Å². The fourth-order valence-corrected chi connectivity index (χ4v) is 2.56. The van der Waals surface area contributed by atoms with E-state index in [1.165, 1.54) is 13.0 Å². The van der Waals surface area contributed by atoms with E-state index < -0.39 is 29.6 Å². The zero-order valence-corrected chi connectivity index (χ0v) is 14.0. The van der Waals surface area contributed by atoms with Gasteiger partial charge in [-0.1, -0.05) is 6.92 Å². The first-order valence-electron chi connectivity index (χ1n) is 7.32. The molecule has 0 bridgehead atoms. The van der Waals surface area contributed by atoms with Gasteiger partial charge in [0.25, 0.3) is 5.91 Å². The molecule has 1 heterocycles. The Labute approximate surface area is 141 Å². The third-order valence-corrected chi connectivity index (χ3v) is 3.84. The molecule has 1 aromatic carbocycles. The second-order valence-corrected chi connectivity index (χ2v) is 5.90. The van der Waals surface area contributed by atoms with Crippen LogP contribution >= 0.6 is 11.3 Å². The molecule has 0 radical (unpaired) electrons. The molecule has 0 fully saturated rings. The second kappa shape index (κ2) is 7.96. The number of hydrogen-bond donors (Lipinski definition) is 1. The van der Waals surface area contributed by atoms with Crippen LogP contribution in [0.25, 0.3) is 11.3 Å². The molecule has 8 heteroatoms. The maximum absolute atomic E-state index is 13.3. The number of esters is 1. The summed E-state index contributed by atoms with van der Waals surface area (Å²) in [5.41, 5.74) is 0.804. The minimum Gasteiger partial charge on any atom is -0.453 e. The number of carbonyl (C=O) groups is 2. The van der Waals surface area contributed by atoms with Gasteiger partial charge >= 0.3 is 5.97 Å². The number of ether oxygens (including phenoxy) is 1. The van der Waals surface area contributed by atoms with Gasteiger partial charge in [0.2, 0.25) is 0 Å². The smallest absolute Gasteiger partial charge is 0.306 e. The molecule has 5 nitrogen and oxygen atoms in total. The fourth-order valence-electron chi connectivity index (χ4n) is 1.84. The van der Waals surface area contributed by atoms with E-state index in [1.54, 1.807) is 5.38 Å². The van der Waals surface area contributed by atoms with Crippen LogP contribution in [0.1, 0.15) is 26.7 Å². The standard InChI is InChI=1S/C16H16F2N2O3S/c1-3-4-14(21)23-9(2)15(22)20-16-19-13(8-24-16)10-5-6-11(17)12(18)7-10/h5-9H,3-4H2,1-2H3,(H,19,20,22)/t9-/m1/s1. The molecule has 2 rings (SSSR count). The zero-order valence-electron chi connectivity index (χ0n) is 13.1. The van der Waals surface area contributed by atoms with Crippen molar-refractivity contribution >= 4 is 28.3 Å². The van der Waals surface area contributed by atoms with Gasteiger partial charge in [0.05, 0.1) is 5.69 Å². The van der Waals surface area contributed by atoms with E-state index in [2.05, 4.69) is 10.3 Å². The van der Waals surface area contributed by atoms with E-state index in [0.29, 0.717) is 17.7 Å². The molecule has 1 amide bonds. The number of benzene rings is 1. The molecule has 0 saturated carbocycles. The second-order valence-electron chi connectivity index (χ2n) is 5.04. The van der Waals surface area contributed by atoms with Crippen molar-refractivity contribution in [1.29, 1.82) is 0 Å². The summed E-state index contributed by atoms with van der Waals surface area (Å²) >= 11 is 1.13. The SMILES string of the molecule is CCCC(=O)O[C@H](C)C(=O)Nc1nc(-c2ccc(F)c(F)c2)cs1. The van der Waals surface area contributed by atoms with Gasteiger partial charge in [-0.15, -0.1) is 11.3 Å². The number of nitrogens with one attached hydrogen (secondary N) is 1. The number of amides is 1. The number of halogens is 2. The molecule has 1 N–H and O–H groups in total. The highest BCUT2D eigenvalue weighted by atomic mass is 32.1. The summed E-state index contributed by atoms with van der Waals surface area (Å²) < 4.78 is 31.2. The summed E-state index contributed by atoms with van der Waals surface area (Å²) in [6.45, 7) is 3.30. The average molecular weight is 354 g/mol. The number of nitrogens with zero attached hydrogens (tertiary/aromatic N) is 1. The molecule has 1 aromatic heterocycles. The van der Waals surface area contributed by atoms with Crippen LogP contribution in [0.15, 0.2) is 23.6 Å². The third-order valence-electron chi connectivity index (χ3n) is 3.08. The fraction of sp³-hybridized carbons (Fsp3) is 0.312. The molecule has 24 heavy (non-hydrogen) atoms. The highest BCUT2D eigenvalue weighted by Crippen LogP contribution is 2.26. The van der Waals surface area contributed by atoms with Gasteiger partial charge in [0.15, 0.2) is 22.9 Å². The Bertz CT molecular complexity index is 749. The first kappa shape index (κ1) is 18.0. The van der Waals surface area contributed by atoms with Gasteiger partial charge in [-0.25, -0.2) is 13.8 Å². The number of thiazole rings is 1. The Hall–Kier alpha value is -2.35. The highest BCUT2D eigenvalue weighted by molar-refractivity contribution is 7.14. The molecule has 1 atom stereocenters. The monoisotopic (exact) mass is 354 g/mol. The zero-order chi connectivity index (χ0) is 17.7. The van der Waals surface area contributed by atoms with Crippen molar-refractivity contribution < 1.29 is 23.1 Å². The summed E-state index contributed by atoms with van der Waals surface area (Å²) in [7, 11) is 0. The van der Waals surface area contributed by atoms with E-state index in [-0.39, 0.29) is 11.6 Å². The molecule has 0 spiro atoms. The van der Waals surface area contributed by atoms with Crippen molar-refractivity contribution in [1.82, 2.24) is 4.98 Å². The molecule has 128 valence electrons. The van der Waals surface area contributed by atoms with E-state index >= 15 is 0 Å². The predicted octanol–water partition coefficient (Wildman–Crippen LogP) is 3.76. The lowest BCUT2D eigenvalue weighted by Gasteiger charge is -2.11. The first-order valence-corrected chi connectivity index (χ1v) is 8.20. The first-order chi connectivity index (χ1) is 11.4. The molecule has 0 unspecified atom stereocenters. The number of carbonyl (C=O) groups excluding carboxylic acids is 2. The molecule has 2 aromatic rings.